The van der Waals surface area contributed by atoms with Crippen LogP contribution in [-0.2, 0) is 19.5 Å². The van der Waals surface area contributed by atoms with Gasteiger partial charge in [-0.1, -0.05) is 30.3 Å². The second-order valence-corrected chi connectivity index (χ2v) is 6.09. The third-order valence-corrected chi connectivity index (χ3v) is 4.48. The van der Waals surface area contributed by atoms with E-state index in [2.05, 4.69) is 39.5 Å². The number of furan rings is 1. The number of nitrogens with zero attached hydrogens (tertiary/aromatic N) is 2. The third kappa shape index (κ3) is 3.26. The minimum absolute atomic E-state index is 0.219. The monoisotopic (exact) mass is 333 g/mol. The largest absolute Gasteiger partial charge is 0.459 e. The second kappa shape index (κ2) is 6.81. The van der Waals surface area contributed by atoms with Gasteiger partial charge in [-0.3, -0.25) is 4.79 Å². The third-order valence-electron chi connectivity index (χ3n) is 4.48. The van der Waals surface area contributed by atoms with Crippen LogP contribution in [0.1, 0.15) is 27.2 Å². The quantitative estimate of drug-likeness (QED) is 0.797. The van der Waals surface area contributed by atoms with E-state index in [9.17, 15) is 4.79 Å². The highest BCUT2D eigenvalue weighted by molar-refractivity contribution is 5.91. The molecule has 3 aromatic rings. The van der Waals surface area contributed by atoms with Gasteiger partial charge in [-0.2, -0.15) is 0 Å². The summed E-state index contributed by atoms with van der Waals surface area (Å²) < 4.78 is 5.13. The van der Waals surface area contributed by atoms with E-state index in [1.165, 1.54) is 17.4 Å². The molecule has 1 aliphatic heterocycles. The lowest BCUT2D eigenvalue weighted by Gasteiger charge is -2.31. The van der Waals surface area contributed by atoms with Crippen LogP contribution in [0.4, 0.5) is 5.82 Å². The number of fused-ring (bicyclic) bond motifs is 1. The highest BCUT2D eigenvalue weighted by Gasteiger charge is 2.19. The van der Waals surface area contributed by atoms with Crippen LogP contribution in [0, 0.1) is 0 Å². The number of amides is 1. The van der Waals surface area contributed by atoms with Crippen molar-refractivity contribution in [2.45, 2.75) is 19.5 Å². The van der Waals surface area contributed by atoms with E-state index in [1.54, 1.807) is 18.3 Å². The molecule has 1 aromatic carbocycles. The van der Waals surface area contributed by atoms with Gasteiger partial charge < -0.3 is 14.6 Å². The number of pyridine rings is 1. The average molecular weight is 333 g/mol. The fraction of sp³-hybridized carbons (Fsp3) is 0.200. The Balaban J connectivity index is 1.51. The first-order chi connectivity index (χ1) is 12.3. The number of nitrogens with one attached hydrogen (secondary N) is 1. The van der Waals surface area contributed by atoms with E-state index in [1.807, 2.05) is 12.1 Å². The molecule has 0 spiro atoms. The van der Waals surface area contributed by atoms with Crippen LogP contribution in [0.25, 0.3) is 0 Å². The Morgan fingerprint density at radius 3 is 2.84 bits per heavy atom. The summed E-state index contributed by atoms with van der Waals surface area (Å²) in [5.41, 5.74) is 3.74. The highest BCUT2D eigenvalue weighted by atomic mass is 16.3. The molecular weight excluding hydrogens is 314 g/mol. The molecule has 5 nitrogen and oxygen atoms in total. The Labute approximate surface area is 146 Å². The predicted molar refractivity (Wildman–Crippen MR) is 95.3 cm³/mol. The maximum absolute atomic E-state index is 12.1. The van der Waals surface area contributed by atoms with E-state index in [4.69, 9.17) is 4.42 Å². The van der Waals surface area contributed by atoms with Gasteiger partial charge in [0, 0.05) is 31.4 Å². The summed E-state index contributed by atoms with van der Waals surface area (Å²) in [6.45, 7) is 2.18. The molecule has 0 saturated carbocycles. The number of carbonyl (C=O) groups excluding carboxylic acids is 1. The molecule has 126 valence electrons. The van der Waals surface area contributed by atoms with Crippen LogP contribution in [-0.4, -0.2) is 17.4 Å². The minimum Gasteiger partial charge on any atom is -0.459 e. The molecule has 1 amide bonds. The van der Waals surface area contributed by atoms with E-state index >= 15 is 0 Å². The maximum atomic E-state index is 12.1. The van der Waals surface area contributed by atoms with E-state index in [-0.39, 0.29) is 5.91 Å². The van der Waals surface area contributed by atoms with Crippen molar-refractivity contribution in [2.24, 2.45) is 0 Å². The van der Waals surface area contributed by atoms with Crippen molar-refractivity contribution in [2.75, 3.05) is 11.4 Å². The molecule has 4 rings (SSSR count). The summed E-state index contributed by atoms with van der Waals surface area (Å²) in [5.74, 6) is 1.03. The Morgan fingerprint density at radius 1 is 1.12 bits per heavy atom. The summed E-state index contributed by atoms with van der Waals surface area (Å²) in [7, 11) is 0. The molecule has 0 atom stereocenters. The summed E-state index contributed by atoms with van der Waals surface area (Å²) >= 11 is 0. The standard InChI is InChI=1S/C20H19N3O2/c24-20(18-8-4-12-25-18)22-13-16-7-3-10-21-19(16)23-11-9-15-5-1-2-6-17(15)14-23/h1-8,10,12H,9,11,13-14H2,(H,22,24). The summed E-state index contributed by atoms with van der Waals surface area (Å²) in [6.07, 6.45) is 4.30. The Morgan fingerprint density at radius 2 is 2.00 bits per heavy atom. The van der Waals surface area contributed by atoms with Gasteiger partial charge in [0.2, 0.25) is 0 Å². The van der Waals surface area contributed by atoms with Gasteiger partial charge in [-0.15, -0.1) is 0 Å². The van der Waals surface area contributed by atoms with Crippen LogP contribution >= 0.6 is 0 Å². The molecule has 3 heterocycles. The minimum atomic E-state index is -0.219. The van der Waals surface area contributed by atoms with Crippen LogP contribution in [0.5, 0.6) is 0 Å². The lowest BCUT2D eigenvalue weighted by molar-refractivity contribution is 0.0923. The SMILES string of the molecule is O=C(NCc1cccnc1N1CCc2ccccc2C1)c1ccco1. The van der Waals surface area contributed by atoms with Gasteiger partial charge in [0.25, 0.3) is 5.91 Å². The maximum Gasteiger partial charge on any atom is 0.287 e. The summed E-state index contributed by atoms with van der Waals surface area (Å²) in [6, 6.07) is 15.8. The summed E-state index contributed by atoms with van der Waals surface area (Å²) in [4.78, 5) is 18.9. The van der Waals surface area contributed by atoms with Gasteiger partial charge in [-0.25, -0.2) is 4.98 Å². The number of anilines is 1. The topological polar surface area (TPSA) is 58.4 Å². The van der Waals surface area contributed by atoms with Crippen LogP contribution < -0.4 is 10.2 Å². The van der Waals surface area contributed by atoms with E-state index in [0.717, 1.165) is 30.9 Å². The van der Waals surface area contributed by atoms with Crippen molar-refractivity contribution in [1.82, 2.24) is 10.3 Å². The molecule has 0 bridgehead atoms. The zero-order valence-electron chi connectivity index (χ0n) is 13.8. The molecule has 1 aliphatic rings. The van der Waals surface area contributed by atoms with Crippen molar-refractivity contribution >= 4 is 11.7 Å². The smallest absolute Gasteiger partial charge is 0.287 e. The predicted octanol–water partition coefficient (Wildman–Crippen LogP) is 3.17. The molecule has 2 aromatic heterocycles. The molecule has 0 radical (unpaired) electrons. The normalized spacial score (nSPS) is 13.4. The molecule has 0 aliphatic carbocycles. The second-order valence-electron chi connectivity index (χ2n) is 6.09. The molecule has 5 heteroatoms. The van der Waals surface area contributed by atoms with Gasteiger partial charge >= 0.3 is 0 Å². The van der Waals surface area contributed by atoms with E-state index in [0.29, 0.717) is 12.3 Å². The van der Waals surface area contributed by atoms with Crippen molar-refractivity contribution in [3.8, 4) is 0 Å². The Kier molecular flexibility index (Phi) is 4.21. The summed E-state index contributed by atoms with van der Waals surface area (Å²) in [5, 5.41) is 2.90. The van der Waals surface area contributed by atoms with Gasteiger partial charge in [0.05, 0.1) is 6.26 Å². The number of benzene rings is 1. The van der Waals surface area contributed by atoms with Crippen molar-refractivity contribution < 1.29 is 9.21 Å². The zero-order valence-corrected chi connectivity index (χ0v) is 13.8. The first kappa shape index (κ1) is 15.4. The van der Waals surface area contributed by atoms with Gasteiger partial charge in [-0.05, 0) is 35.7 Å². The Hall–Kier alpha value is -3.08. The zero-order chi connectivity index (χ0) is 17.1. The van der Waals surface area contributed by atoms with Crippen molar-refractivity contribution in [3.05, 3.63) is 83.4 Å². The van der Waals surface area contributed by atoms with Crippen LogP contribution in [0.3, 0.4) is 0 Å². The molecule has 0 unspecified atom stereocenters. The molecular formula is C20H19N3O2. The highest BCUT2D eigenvalue weighted by Crippen LogP contribution is 2.25. The van der Waals surface area contributed by atoms with Crippen molar-refractivity contribution in [3.63, 3.8) is 0 Å². The fourth-order valence-electron chi connectivity index (χ4n) is 3.20. The number of hydrogen-bond acceptors (Lipinski definition) is 4. The lowest BCUT2D eigenvalue weighted by atomic mass is 9.99. The molecule has 25 heavy (non-hydrogen) atoms. The molecule has 0 saturated heterocycles. The van der Waals surface area contributed by atoms with Crippen molar-refractivity contribution in [1.29, 1.82) is 0 Å². The first-order valence-electron chi connectivity index (χ1n) is 8.38. The van der Waals surface area contributed by atoms with Gasteiger partial charge in [0.15, 0.2) is 5.76 Å². The number of aromatic nitrogens is 1. The van der Waals surface area contributed by atoms with Gasteiger partial charge in [0.1, 0.15) is 5.82 Å². The lowest BCUT2D eigenvalue weighted by Crippen LogP contribution is -2.32. The number of rotatable bonds is 4. The average Bonchev–Trinajstić information content (AvgIpc) is 3.21. The van der Waals surface area contributed by atoms with Crippen LogP contribution in [0.2, 0.25) is 0 Å². The van der Waals surface area contributed by atoms with Crippen LogP contribution in [0.15, 0.2) is 65.4 Å². The first-order valence-corrected chi connectivity index (χ1v) is 8.38. The fourth-order valence-corrected chi connectivity index (χ4v) is 3.20. The molecule has 0 fully saturated rings. The molecule has 1 N–H and O–H groups in total. The number of carbonyl (C=O) groups is 1. The van der Waals surface area contributed by atoms with E-state index < -0.39 is 0 Å². The Bertz CT molecular complexity index is 874. The number of hydrogen-bond donors (Lipinski definition) is 1.